The zero-order valence-electron chi connectivity index (χ0n) is 13.7. The van der Waals surface area contributed by atoms with Crippen molar-refractivity contribution in [2.45, 2.75) is 57.4 Å². The molecule has 120 valence electrons. The topological polar surface area (TPSA) is 56.7 Å². The first-order chi connectivity index (χ1) is 10.1. The van der Waals surface area contributed by atoms with Crippen LogP contribution >= 0.6 is 0 Å². The molecule has 0 bridgehead atoms. The Labute approximate surface area is 128 Å². The lowest BCUT2D eigenvalue weighted by Gasteiger charge is -2.31. The van der Waals surface area contributed by atoms with E-state index >= 15 is 0 Å². The van der Waals surface area contributed by atoms with Crippen LogP contribution in [-0.4, -0.2) is 50.5 Å². The third-order valence-electron chi connectivity index (χ3n) is 4.93. The molecule has 2 rings (SSSR count). The largest absolute Gasteiger partial charge is 0.355 e. The molecule has 2 saturated carbocycles. The highest BCUT2D eigenvalue weighted by Crippen LogP contribution is 2.38. The smallest absolute Gasteiger partial charge is 0.230 e. The minimum absolute atomic E-state index is 0.239. The van der Waals surface area contributed by atoms with Crippen LogP contribution in [0.15, 0.2) is 4.99 Å². The highest BCUT2D eigenvalue weighted by Gasteiger charge is 2.42. The van der Waals surface area contributed by atoms with Crippen molar-refractivity contribution in [2.75, 3.05) is 27.7 Å². The van der Waals surface area contributed by atoms with Gasteiger partial charge in [0, 0.05) is 33.7 Å². The van der Waals surface area contributed by atoms with Crippen LogP contribution in [-0.2, 0) is 4.79 Å². The van der Waals surface area contributed by atoms with Crippen molar-refractivity contribution >= 4 is 11.9 Å². The third-order valence-corrected chi connectivity index (χ3v) is 4.93. The van der Waals surface area contributed by atoms with Crippen LogP contribution < -0.4 is 10.6 Å². The molecule has 0 atom stereocenters. The minimum atomic E-state index is -0.239. The average molecular weight is 294 g/mol. The number of hydrogen-bond acceptors (Lipinski definition) is 2. The van der Waals surface area contributed by atoms with E-state index in [0.717, 1.165) is 31.6 Å². The van der Waals surface area contributed by atoms with Gasteiger partial charge in [0.25, 0.3) is 0 Å². The Morgan fingerprint density at radius 3 is 2.33 bits per heavy atom. The molecular formula is C16H30N4O. The normalized spacial score (nSPS) is 22.3. The predicted molar refractivity (Wildman–Crippen MR) is 86.3 cm³/mol. The molecule has 2 aliphatic carbocycles. The molecule has 0 heterocycles. The molecule has 0 spiro atoms. The van der Waals surface area contributed by atoms with Crippen molar-refractivity contribution in [3.05, 3.63) is 0 Å². The minimum Gasteiger partial charge on any atom is -0.355 e. The van der Waals surface area contributed by atoms with Gasteiger partial charge in [0.15, 0.2) is 5.96 Å². The Morgan fingerprint density at radius 1 is 1.19 bits per heavy atom. The van der Waals surface area contributed by atoms with Gasteiger partial charge in [-0.1, -0.05) is 25.7 Å². The molecule has 0 aliphatic heterocycles. The number of amides is 1. The van der Waals surface area contributed by atoms with Gasteiger partial charge < -0.3 is 15.5 Å². The quantitative estimate of drug-likeness (QED) is 0.613. The lowest BCUT2D eigenvalue weighted by atomic mass is 9.84. The van der Waals surface area contributed by atoms with Crippen molar-refractivity contribution in [3.8, 4) is 0 Å². The zero-order chi connectivity index (χ0) is 15.3. The van der Waals surface area contributed by atoms with Crippen LogP contribution in [0.2, 0.25) is 0 Å². The van der Waals surface area contributed by atoms with E-state index in [0.29, 0.717) is 12.6 Å². The molecule has 5 nitrogen and oxygen atoms in total. The Hall–Kier alpha value is -1.26. The predicted octanol–water partition coefficient (Wildman–Crippen LogP) is 1.74. The third kappa shape index (κ3) is 3.89. The van der Waals surface area contributed by atoms with Gasteiger partial charge in [-0.3, -0.25) is 9.79 Å². The number of aliphatic imine (C=N–C) groups is 1. The average Bonchev–Trinajstić information content (AvgIpc) is 3.14. The second kappa shape index (κ2) is 7.14. The monoisotopic (exact) mass is 294 g/mol. The van der Waals surface area contributed by atoms with E-state index in [2.05, 4.69) is 15.6 Å². The molecule has 0 radical (unpaired) electrons. The van der Waals surface area contributed by atoms with E-state index in [1.165, 1.54) is 25.7 Å². The second-order valence-electron chi connectivity index (χ2n) is 6.74. The van der Waals surface area contributed by atoms with Gasteiger partial charge in [0.1, 0.15) is 0 Å². The maximum Gasteiger partial charge on any atom is 0.230 e. The summed E-state index contributed by atoms with van der Waals surface area (Å²) >= 11 is 0. The molecule has 0 aromatic heterocycles. The SMILES string of the molecule is CN=C(NCC1(C(=O)N(C)C)CCCC1)NC1CCCC1. The fourth-order valence-corrected chi connectivity index (χ4v) is 3.70. The summed E-state index contributed by atoms with van der Waals surface area (Å²) in [4.78, 5) is 18.6. The number of guanidine groups is 1. The summed E-state index contributed by atoms with van der Waals surface area (Å²) in [6.07, 6.45) is 9.32. The van der Waals surface area contributed by atoms with Crippen LogP contribution in [0.1, 0.15) is 51.4 Å². The zero-order valence-corrected chi connectivity index (χ0v) is 13.7. The summed E-state index contributed by atoms with van der Waals surface area (Å²) in [5.74, 6) is 1.10. The van der Waals surface area contributed by atoms with E-state index in [4.69, 9.17) is 0 Å². The Balaban J connectivity index is 1.92. The first kappa shape index (κ1) is 16.1. The Morgan fingerprint density at radius 2 is 1.81 bits per heavy atom. The van der Waals surface area contributed by atoms with Crippen LogP contribution in [0.4, 0.5) is 0 Å². The van der Waals surface area contributed by atoms with Gasteiger partial charge in [0.2, 0.25) is 5.91 Å². The van der Waals surface area contributed by atoms with Gasteiger partial charge in [-0.2, -0.15) is 0 Å². The maximum atomic E-state index is 12.5. The molecule has 2 N–H and O–H groups in total. The van der Waals surface area contributed by atoms with Gasteiger partial charge in [0.05, 0.1) is 5.41 Å². The first-order valence-electron chi connectivity index (χ1n) is 8.26. The van der Waals surface area contributed by atoms with Crippen LogP contribution in [0.5, 0.6) is 0 Å². The standard InChI is InChI=1S/C16H30N4O/c1-17-15(19-13-8-4-5-9-13)18-12-16(10-6-7-11-16)14(21)20(2)3/h13H,4-12H2,1-3H3,(H2,17,18,19). The highest BCUT2D eigenvalue weighted by atomic mass is 16.2. The van der Waals surface area contributed by atoms with Gasteiger partial charge in [-0.15, -0.1) is 0 Å². The molecule has 0 saturated heterocycles. The fraction of sp³-hybridized carbons (Fsp3) is 0.875. The van der Waals surface area contributed by atoms with Crippen LogP contribution in [0, 0.1) is 5.41 Å². The molecule has 1 amide bonds. The van der Waals surface area contributed by atoms with Gasteiger partial charge in [-0.25, -0.2) is 0 Å². The molecule has 21 heavy (non-hydrogen) atoms. The summed E-state index contributed by atoms with van der Waals surface area (Å²) in [5.41, 5.74) is -0.239. The number of nitrogens with one attached hydrogen (secondary N) is 2. The van der Waals surface area contributed by atoms with Crippen molar-refractivity contribution in [2.24, 2.45) is 10.4 Å². The van der Waals surface area contributed by atoms with Gasteiger partial charge >= 0.3 is 0 Å². The fourth-order valence-electron chi connectivity index (χ4n) is 3.70. The second-order valence-corrected chi connectivity index (χ2v) is 6.74. The van der Waals surface area contributed by atoms with Crippen molar-refractivity contribution in [3.63, 3.8) is 0 Å². The number of carbonyl (C=O) groups excluding carboxylic acids is 1. The molecule has 0 aromatic rings. The van der Waals surface area contributed by atoms with E-state index in [-0.39, 0.29) is 11.3 Å². The summed E-state index contributed by atoms with van der Waals surface area (Å²) in [6.45, 7) is 0.691. The molecule has 2 aliphatic rings. The molecule has 2 fully saturated rings. The van der Waals surface area contributed by atoms with E-state index in [1.807, 2.05) is 14.1 Å². The van der Waals surface area contributed by atoms with E-state index in [9.17, 15) is 4.79 Å². The number of nitrogens with zero attached hydrogens (tertiary/aromatic N) is 2. The van der Waals surface area contributed by atoms with Crippen LogP contribution in [0.3, 0.4) is 0 Å². The molecule has 0 unspecified atom stereocenters. The van der Waals surface area contributed by atoms with Crippen LogP contribution in [0.25, 0.3) is 0 Å². The lowest BCUT2D eigenvalue weighted by molar-refractivity contribution is -0.138. The van der Waals surface area contributed by atoms with Crippen molar-refractivity contribution in [1.29, 1.82) is 0 Å². The Kier molecular flexibility index (Phi) is 5.48. The maximum absolute atomic E-state index is 12.5. The summed E-state index contributed by atoms with van der Waals surface area (Å²) in [6, 6.07) is 0.542. The van der Waals surface area contributed by atoms with Crippen molar-refractivity contribution in [1.82, 2.24) is 15.5 Å². The number of carbonyl (C=O) groups is 1. The van der Waals surface area contributed by atoms with Gasteiger partial charge in [-0.05, 0) is 25.7 Å². The van der Waals surface area contributed by atoms with E-state index in [1.54, 1.807) is 11.9 Å². The number of rotatable bonds is 4. The highest BCUT2D eigenvalue weighted by molar-refractivity contribution is 5.85. The summed E-state index contributed by atoms with van der Waals surface area (Å²) < 4.78 is 0. The Bertz CT molecular complexity index is 380. The number of hydrogen-bond donors (Lipinski definition) is 2. The molecule has 5 heteroatoms. The first-order valence-corrected chi connectivity index (χ1v) is 8.26. The van der Waals surface area contributed by atoms with E-state index < -0.39 is 0 Å². The summed E-state index contributed by atoms with van der Waals surface area (Å²) in [5, 5.41) is 6.90. The molecular weight excluding hydrogens is 264 g/mol. The van der Waals surface area contributed by atoms with Crippen molar-refractivity contribution < 1.29 is 4.79 Å². The summed E-state index contributed by atoms with van der Waals surface area (Å²) in [7, 11) is 5.52. The lowest BCUT2D eigenvalue weighted by Crippen LogP contribution is -2.50. The molecule has 0 aromatic carbocycles.